The number of carbonyl (C=O) groups excluding carboxylic acids is 2. The molecule has 2 heterocycles. The molecule has 0 aliphatic rings. The fourth-order valence-corrected chi connectivity index (χ4v) is 2.47. The first-order valence-electron chi connectivity index (χ1n) is 7.12. The molecule has 0 aliphatic heterocycles. The number of para-hydroxylation sites is 1. The number of hydrogen-bond acceptors (Lipinski definition) is 4. The van der Waals surface area contributed by atoms with Crippen molar-refractivity contribution in [2.24, 2.45) is 0 Å². The molecule has 7 heteroatoms. The van der Waals surface area contributed by atoms with Crippen LogP contribution in [0.3, 0.4) is 0 Å². The summed E-state index contributed by atoms with van der Waals surface area (Å²) in [4.78, 5) is 27.3. The van der Waals surface area contributed by atoms with Crippen LogP contribution in [0.1, 0.15) is 16.1 Å². The van der Waals surface area contributed by atoms with Gasteiger partial charge in [0.1, 0.15) is 11.7 Å². The van der Waals surface area contributed by atoms with E-state index in [1.165, 1.54) is 19.4 Å². The average Bonchev–Trinajstić information content (AvgIpc) is 3.23. The predicted octanol–water partition coefficient (Wildman–Crippen LogP) is 1.41. The first kappa shape index (κ1) is 14.8. The number of fused-ring (bicyclic) bond motifs is 1. The van der Waals surface area contributed by atoms with E-state index in [1.807, 2.05) is 30.5 Å². The topological polar surface area (TPSA) is 99.9 Å². The van der Waals surface area contributed by atoms with Gasteiger partial charge in [-0.25, -0.2) is 4.79 Å². The van der Waals surface area contributed by atoms with Gasteiger partial charge in [0, 0.05) is 29.7 Å². The Bertz CT molecular complexity index is 823. The number of nitrogens with one attached hydrogen (secondary N) is 3. The first-order valence-corrected chi connectivity index (χ1v) is 7.12. The summed E-state index contributed by atoms with van der Waals surface area (Å²) < 4.78 is 4.80. The van der Waals surface area contributed by atoms with Gasteiger partial charge in [-0.2, -0.15) is 5.10 Å². The van der Waals surface area contributed by atoms with Gasteiger partial charge < -0.3 is 15.0 Å². The highest BCUT2D eigenvalue weighted by molar-refractivity contribution is 5.95. The van der Waals surface area contributed by atoms with Gasteiger partial charge in [-0.1, -0.05) is 18.2 Å². The minimum Gasteiger partial charge on any atom is -0.467 e. The highest BCUT2D eigenvalue weighted by Gasteiger charge is 2.24. The number of H-pyrrole nitrogens is 2. The molecule has 3 rings (SSSR count). The summed E-state index contributed by atoms with van der Waals surface area (Å²) in [6.07, 6.45) is 3.64. The summed E-state index contributed by atoms with van der Waals surface area (Å²) in [6.45, 7) is 0. The zero-order chi connectivity index (χ0) is 16.2. The molecule has 0 spiro atoms. The minimum atomic E-state index is -0.782. The van der Waals surface area contributed by atoms with E-state index in [0.717, 1.165) is 16.5 Å². The Labute approximate surface area is 132 Å². The molecule has 7 nitrogen and oxygen atoms in total. The Morgan fingerprint density at radius 3 is 2.87 bits per heavy atom. The molecule has 0 aliphatic carbocycles. The number of hydrogen-bond donors (Lipinski definition) is 3. The summed E-state index contributed by atoms with van der Waals surface area (Å²) in [5, 5.41) is 9.98. The third kappa shape index (κ3) is 3.08. The van der Waals surface area contributed by atoms with Crippen molar-refractivity contribution in [2.75, 3.05) is 7.11 Å². The van der Waals surface area contributed by atoms with Crippen LogP contribution in [0.25, 0.3) is 10.9 Å². The summed E-state index contributed by atoms with van der Waals surface area (Å²) in [7, 11) is 1.30. The van der Waals surface area contributed by atoms with E-state index in [4.69, 9.17) is 4.74 Å². The van der Waals surface area contributed by atoms with E-state index in [2.05, 4.69) is 20.5 Å². The fourth-order valence-electron chi connectivity index (χ4n) is 2.47. The molecule has 0 saturated heterocycles. The van der Waals surface area contributed by atoms with Crippen LogP contribution < -0.4 is 5.32 Å². The Kier molecular flexibility index (Phi) is 4.09. The van der Waals surface area contributed by atoms with Crippen molar-refractivity contribution >= 4 is 22.8 Å². The molecule has 3 N–H and O–H groups in total. The van der Waals surface area contributed by atoms with Crippen LogP contribution in [0.2, 0.25) is 0 Å². The molecule has 0 radical (unpaired) electrons. The van der Waals surface area contributed by atoms with E-state index in [-0.39, 0.29) is 5.69 Å². The van der Waals surface area contributed by atoms with Crippen molar-refractivity contribution in [3.63, 3.8) is 0 Å². The van der Waals surface area contributed by atoms with Gasteiger partial charge in [-0.05, 0) is 17.7 Å². The molecule has 1 amide bonds. The molecule has 0 fully saturated rings. The van der Waals surface area contributed by atoms with Gasteiger partial charge in [0.25, 0.3) is 5.91 Å². The van der Waals surface area contributed by atoms with Gasteiger partial charge >= 0.3 is 5.97 Å². The minimum absolute atomic E-state index is 0.290. The maximum absolute atomic E-state index is 12.1. The van der Waals surface area contributed by atoms with Crippen LogP contribution in [0.5, 0.6) is 0 Å². The molecule has 0 bridgehead atoms. The lowest BCUT2D eigenvalue weighted by Crippen LogP contribution is -2.43. The van der Waals surface area contributed by atoms with Gasteiger partial charge in [0.15, 0.2) is 0 Å². The van der Waals surface area contributed by atoms with Crippen LogP contribution in [0.15, 0.2) is 42.7 Å². The van der Waals surface area contributed by atoms with Crippen LogP contribution in [-0.2, 0) is 16.0 Å². The van der Waals surface area contributed by atoms with Gasteiger partial charge in [0.2, 0.25) is 0 Å². The Balaban J connectivity index is 1.82. The third-order valence-electron chi connectivity index (χ3n) is 3.64. The van der Waals surface area contributed by atoms with E-state index in [9.17, 15) is 9.59 Å². The van der Waals surface area contributed by atoms with E-state index < -0.39 is 17.9 Å². The monoisotopic (exact) mass is 312 g/mol. The number of aromatic nitrogens is 3. The largest absolute Gasteiger partial charge is 0.467 e. The van der Waals surface area contributed by atoms with E-state index in [1.54, 1.807) is 0 Å². The second-order valence-electron chi connectivity index (χ2n) is 5.08. The smallest absolute Gasteiger partial charge is 0.328 e. The summed E-state index contributed by atoms with van der Waals surface area (Å²) in [5.41, 5.74) is 2.20. The molecular weight excluding hydrogens is 296 g/mol. The highest BCUT2D eigenvalue weighted by atomic mass is 16.5. The number of rotatable bonds is 5. The Morgan fingerprint density at radius 2 is 2.13 bits per heavy atom. The first-order chi connectivity index (χ1) is 11.2. The van der Waals surface area contributed by atoms with Crippen molar-refractivity contribution in [2.45, 2.75) is 12.5 Å². The molecule has 2 aromatic heterocycles. The van der Waals surface area contributed by atoms with E-state index >= 15 is 0 Å². The molecule has 118 valence electrons. The Morgan fingerprint density at radius 1 is 1.30 bits per heavy atom. The summed E-state index contributed by atoms with van der Waals surface area (Å²) >= 11 is 0. The van der Waals surface area contributed by atoms with Crippen molar-refractivity contribution in [1.82, 2.24) is 20.5 Å². The molecule has 3 aromatic rings. The third-order valence-corrected chi connectivity index (χ3v) is 3.64. The molecule has 23 heavy (non-hydrogen) atoms. The number of carbonyl (C=O) groups is 2. The molecule has 1 aromatic carbocycles. The summed E-state index contributed by atoms with van der Waals surface area (Å²) in [6, 6.07) is 8.53. The average molecular weight is 312 g/mol. The lowest BCUT2D eigenvalue weighted by Gasteiger charge is -2.15. The van der Waals surface area contributed by atoms with Crippen LogP contribution >= 0.6 is 0 Å². The van der Waals surface area contributed by atoms with Crippen molar-refractivity contribution < 1.29 is 14.3 Å². The number of esters is 1. The van der Waals surface area contributed by atoms with E-state index in [0.29, 0.717) is 6.42 Å². The maximum atomic E-state index is 12.1. The number of nitrogens with zero attached hydrogens (tertiary/aromatic N) is 1. The van der Waals surface area contributed by atoms with Crippen molar-refractivity contribution in [3.05, 3.63) is 54.0 Å². The second kappa shape index (κ2) is 6.35. The molecule has 1 atom stereocenters. The van der Waals surface area contributed by atoms with Crippen molar-refractivity contribution in [3.8, 4) is 0 Å². The van der Waals surface area contributed by atoms with Crippen LogP contribution in [0.4, 0.5) is 0 Å². The normalized spacial score (nSPS) is 12.0. The highest BCUT2D eigenvalue weighted by Crippen LogP contribution is 2.19. The number of aromatic amines is 2. The number of ether oxygens (including phenoxy) is 1. The predicted molar refractivity (Wildman–Crippen MR) is 83.9 cm³/mol. The van der Waals surface area contributed by atoms with Crippen LogP contribution in [0, 0.1) is 0 Å². The number of methoxy groups -OCH3 is 1. The lowest BCUT2D eigenvalue weighted by atomic mass is 10.0. The zero-order valence-electron chi connectivity index (χ0n) is 12.5. The van der Waals surface area contributed by atoms with Gasteiger partial charge in [0.05, 0.1) is 7.11 Å². The number of amides is 1. The summed E-state index contributed by atoms with van der Waals surface area (Å²) in [5.74, 6) is -0.902. The molecule has 1 unspecified atom stereocenters. The Hall–Kier alpha value is -3.09. The standard InChI is InChI=1S/C16H16N4O3/c1-23-16(22)14(19-15(21)13-6-7-18-20-13)8-10-9-17-12-5-3-2-4-11(10)12/h2-7,9,14,17H,8H2,1H3,(H,18,20)(H,19,21). The van der Waals surface area contributed by atoms with Gasteiger partial charge in [-0.15, -0.1) is 0 Å². The SMILES string of the molecule is COC(=O)C(Cc1c[nH]c2ccccc12)NC(=O)c1ccn[nH]1. The zero-order valence-corrected chi connectivity index (χ0v) is 12.5. The van der Waals surface area contributed by atoms with Crippen LogP contribution in [-0.4, -0.2) is 40.2 Å². The quantitative estimate of drug-likeness (QED) is 0.620. The fraction of sp³-hybridized carbons (Fsp3) is 0.188. The number of benzene rings is 1. The molecule has 0 saturated carbocycles. The van der Waals surface area contributed by atoms with Crippen molar-refractivity contribution in [1.29, 1.82) is 0 Å². The maximum Gasteiger partial charge on any atom is 0.328 e. The second-order valence-corrected chi connectivity index (χ2v) is 5.08. The van der Waals surface area contributed by atoms with Gasteiger partial charge in [-0.3, -0.25) is 9.89 Å². The lowest BCUT2D eigenvalue weighted by molar-refractivity contribution is -0.142. The molecular formula is C16H16N4O3.